The molecule has 0 unspecified atom stereocenters. The minimum Gasteiger partial charge on any atom is -0.497 e. The maximum atomic E-state index is 12.8. The fourth-order valence-electron chi connectivity index (χ4n) is 3.61. The first-order valence-electron chi connectivity index (χ1n) is 11.0. The molecular formula is C27H26N4O3. The molecule has 0 radical (unpaired) electrons. The first-order chi connectivity index (χ1) is 16.6. The monoisotopic (exact) mass is 454 g/mol. The number of nitrogens with one attached hydrogen (secondary N) is 1. The second-order valence-corrected chi connectivity index (χ2v) is 7.64. The number of hydrogen-bond acceptors (Lipinski definition) is 4. The number of nitrogens with zero attached hydrogens (tertiary/aromatic N) is 3. The Bertz CT molecular complexity index is 1250. The molecule has 1 heterocycles. The highest BCUT2D eigenvalue weighted by Gasteiger charge is 2.15. The predicted octanol–water partition coefficient (Wildman–Crippen LogP) is 4.73. The van der Waals surface area contributed by atoms with E-state index in [2.05, 4.69) is 10.4 Å². The van der Waals surface area contributed by atoms with Gasteiger partial charge in [0, 0.05) is 24.1 Å². The topological polar surface area (TPSA) is 76.5 Å². The normalized spacial score (nSPS) is 10.5. The van der Waals surface area contributed by atoms with Crippen LogP contribution >= 0.6 is 0 Å². The zero-order valence-electron chi connectivity index (χ0n) is 19.1. The highest BCUT2D eigenvalue weighted by molar-refractivity contribution is 6.02. The standard InChI is InChI=1S/C27H26N4O3/c1-3-30(22-7-5-4-6-8-22)26(32)19-20-9-11-21(12-10-20)28-27(33)25-17-18-31(29-25)23-13-15-24(34-2)16-14-23/h4-18H,3,19H2,1-2H3,(H,28,33). The number of ether oxygens (including phenoxy) is 1. The smallest absolute Gasteiger partial charge is 0.276 e. The number of para-hydroxylation sites is 1. The second kappa shape index (κ2) is 10.5. The van der Waals surface area contributed by atoms with Gasteiger partial charge in [0.05, 0.1) is 19.2 Å². The number of aromatic nitrogens is 2. The number of carbonyl (C=O) groups excluding carboxylic acids is 2. The van der Waals surface area contributed by atoms with Crippen molar-refractivity contribution >= 4 is 23.2 Å². The SMILES string of the molecule is CCN(C(=O)Cc1ccc(NC(=O)c2ccn(-c3ccc(OC)cc3)n2)cc1)c1ccccc1. The molecular weight excluding hydrogens is 428 g/mol. The van der Waals surface area contributed by atoms with Crippen LogP contribution < -0.4 is 15.0 Å². The molecule has 0 aliphatic carbocycles. The third-order valence-corrected chi connectivity index (χ3v) is 5.41. The van der Waals surface area contributed by atoms with Gasteiger partial charge in [-0.15, -0.1) is 0 Å². The largest absolute Gasteiger partial charge is 0.497 e. The minimum absolute atomic E-state index is 0.0227. The van der Waals surface area contributed by atoms with E-state index in [0.29, 0.717) is 17.9 Å². The fraction of sp³-hybridized carbons (Fsp3) is 0.148. The van der Waals surface area contributed by atoms with Gasteiger partial charge in [-0.05, 0) is 67.1 Å². The zero-order chi connectivity index (χ0) is 23.9. The lowest BCUT2D eigenvalue weighted by Gasteiger charge is -2.21. The number of anilines is 2. The zero-order valence-corrected chi connectivity index (χ0v) is 19.1. The van der Waals surface area contributed by atoms with Crippen LogP contribution in [-0.4, -0.2) is 35.2 Å². The molecule has 2 amide bonds. The Hall–Kier alpha value is -4.39. The molecule has 0 atom stereocenters. The van der Waals surface area contributed by atoms with Crippen molar-refractivity contribution in [2.75, 3.05) is 23.9 Å². The second-order valence-electron chi connectivity index (χ2n) is 7.64. The van der Waals surface area contributed by atoms with Gasteiger partial charge in [-0.3, -0.25) is 9.59 Å². The highest BCUT2D eigenvalue weighted by atomic mass is 16.5. The predicted molar refractivity (Wildman–Crippen MR) is 133 cm³/mol. The van der Waals surface area contributed by atoms with Gasteiger partial charge in [-0.1, -0.05) is 30.3 Å². The molecule has 1 aromatic heterocycles. The molecule has 0 aliphatic rings. The number of hydrogen-bond donors (Lipinski definition) is 1. The molecule has 0 aliphatic heterocycles. The van der Waals surface area contributed by atoms with Crippen molar-refractivity contribution in [1.82, 2.24) is 9.78 Å². The van der Waals surface area contributed by atoms with Crippen LogP contribution in [0.4, 0.5) is 11.4 Å². The van der Waals surface area contributed by atoms with E-state index in [4.69, 9.17) is 4.74 Å². The molecule has 172 valence electrons. The van der Waals surface area contributed by atoms with Gasteiger partial charge >= 0.3 is 0 Å². The number of benzene rings is 3. The molecule has 4 aromatic rings. The molecule has 0 fully saturated rings. The minimum atomic E-state index is -0.308. The van der Waals surface area contributed by atoms with Gasteiger partial charge in [-0.2, -0.15) is 5.10 Å². The lowest BCUT2D eigenvalue weighted by molar-refractivity contribution is -0.117. The molecule has 0 spiro atoms. The Labute approximate surface area is 198 Å². The van der Waals surface area contributed by atoms with E-state index in [-0.39, 0.29) is 18.2 Å². The summed E-state index contributed by atoms with van der Waals surface area (Å²) >= 11 is 0. The summed E-state index contributed by atoms with van der Waals surface area (Å²) in [5.74, 6) is 0.466. The lowest BCUT2D eigenvalue weighted by atomic mass is 10.1. The van der Waals surface area contributed by atoms with Crippen LogP contribution in [0.1, 0.15) is 23.0 Å². The molecule has 0 bridgehead atoms. The molecule has 7 nitrogen and oxygen atoms in total. The van der Waals surface area contributed by atoms with Crippen molar-refractivity contribution in [3.8, 4) is 11.4 Å². The van der Waals surface area contributed by atoms with Crippen LogP contribution in [0.3, 0.4) is 0 Å². The quantitative estimate of drug-likeness (QED) is 0.418. The average Bonchev–Trinajstić information content (AvgIpc) is 3.37. The summed E-state index contributed by atoms with van der Waals surface area (Å²) < 4.78 is 6.80. The third-order valence-electron chi connectivity index (χ3n) is 5.41. The molecule has 34 heavy (non-hydrogen) atoms. The number of methoxy groups -OCH3 is 1. The van der Waals surface area contributed by atoms with Gasteiger partial charge in [0.15, 0.2) is 5.69 Å². The Morgan fingerprint density at radius 3 is 2.29 bits per heavy atom. The highest BCUT2D eigenvalue weighted by Crippen LogP contribution is 2.18. The van der Waals surface area contributed by atoms with E-state index in [1.165, 1.54) is 0 Å². The number of rotatable bonds is 8. The lowest BCUT2D eigenvalue weighted by Crippen LogP contribution is -2.31. The van der Waals surface area contributed by atoms with Gasteiger partial charge in [0.25, 0.3) is 5.91 Å². The van der Waals surface area contributed by atoms with Crippen molar-refractivity contribution in [3.05, 3.63) is 102 Å². The molecule has 0 saturated heterocycles. The number of amides is 2. The fourth-order valence-corrected chi connectivity index (χ4v) is 3.61. The Morgan fingerprint density at radius 2 is 1.65 bits per heavy atom. The summed E-state index contributed by atoms with van der Waals surface area (Å²) in [4.78, 5) is 27.2. The Morgan fingerprint density at radius 1 is 0.941 bits per heavy atom. The van der Waals surface area contributed by atoms with Crippen molar-refractivity contribution < 1.29 is 14.3 Å². The summed E-state index contributed by atoms with van der Waals surface area (Å²) in [6.45, 7) is 2.56. The van der Waals surface area contributed by atoms with Crippen LogP contribution in [0, 0.1) is 0 Å². The molecule has 4 rings (SSSR count). The van der Waals surface area contributed by atoms with Gasteiger partial charge < -0.3 is 15.0 Å². The Kier molecular flexibility index (Phi) is 7.03. The van der Waals surface area contributed by atoms with Crippen LogP contribution in [0.15, 0.2) is 91.1 Å². The van der Waals surface area contributed by atoms with Crippen LogP contribution in [-0.2, 0) is 11.2 Å². The summed E-state index contributed by atoms with van der Waals surface area (Å²) in [6, 6.07) is 26.0. The summed E-state index contributed by atoms with van der Waals surface area (Å²) in [5, 5.41) is 7.21. The molecule has 7 heteroatoms. The van der Waals surface area contributed by atoms with E-state index in [0.717, 1.165) is 22.7 Å². The van der Waals surface area contributed by atoms with E-state index < -0.39 is 0 Å². The van der Waals surface area contributed by atoms with Crippen molar-refractivity contribution in [1.29, 1.82) is 0 Å². The first-order valence-corrected chi connectivity index (χ1v) is 11.0. The maximum absolute atomic E-state index is 12.8. The molecule has 1 N–H and O–H groups in total. The number of carbonyl (C=O) groups is 2. The average molecular weight is 455 g/mol. The first kappa shape index (κ1) is 22.8. The summed E-state index contributed by atoms with van der Waals surface area (Å²) in [7, 11) is 1.61. The van der Waals surface area contributed by atoms with Crippen LogP contribution in [0.2, 0.25) is 0 Å². The summed E-state index contributed by atoms with van der Waals surface area (Å²) in [6.07, 6.45) is 2.01. The number of likely N-dealkylation sites (N-methyl/N-ethyl adjacent to an activating group) is 1. The van der Waals surface area contributed by atoms with E-state index in [9.17, 15) is 9.59 Å². The van der Waals surface area contributed by atoms with Gasteiger partial charge in [0.1, 0.15) is 5.75 Å². The van der Waals surface area contributed by atoms with Crippen molar-refractivity contribution in [3.63, 3.8) is 0 Å². The maximum Gasteiger partial charge on any atom is 0.276 e. The van der Waals surface area contributed by atoms with Crippen molar-refractivity contribution in [2.24, 2.45) is 0 Å². The van der Waals surface area contributed by atoms with Crippen LogP contribution in [0.25, 0.3) is 5.69 Å². The van der Waals surface area contributed by atoms with E-state index in [1.54, 1.807) is 41.1 Å². The summed E-state index contributed by atoms with van der Waals surface area (Å²) in [5.41, 5.74) is 3.52. The van der Waals surface area contributed by atoms with Gasteiger partial charge in [-0.25, -0.2) is 4.68 Å². The van der Waals surface area contributed by atoms with Crippen LogP contribution in [0.5, 0.6) is 5.75 Å². The Balaban J connectivity index is 1.37. The van der Waals surface area contributed by atoms with Gasteiger partial charge in [0.2, 0.25) is 5.91 Å². The molecule has 0 saturated carbocycles. The van der Waals surface area contributed by atoms with E-state index >= 15 is 0 Å². The van der Waals surface area contributed by atoms with Crippen molar-refractivity contribution in [2.45, 2.75) is 13.3 Å². The van der Waals surface area contributed by atoms with E-state index in [1.807, 2.05) is 73.7 Å². The molecule has 3 aromatic carbocycles. The third kappa shape index (κ3) is 5.32.